The van der Waals surface area contributed by atoms with Crippen molar-refractivity contribution in [2.24, 2.45) is 0 Å². The van der Waals surface area contributed by atoms with Crippen molar-refractivity contribution in [2.45, 2.75) is 17.8 Å². The van der Waals surface area contributed by atoms with Gasteiger partial charge in [-0.1, -0.05) is 47.7 Å². The first kappa shape index (κ1) is 19.8. The van der Waals surface area contributed by atoms with E-state index in [1.807, 2.05) is 30.3 Å². The van der Waals surface area contributed by atoms with Crippen molar-refractivity contribution in [3.63, 3.8) is 0 Å². The molecule has 2 aromatic heterocycles. The summed E-state index contributed by atoms with van der Waals surface area (Å²) in [6, 6.07) is 19.3. The number of aryl methyl sites for hydroxylation is 1. The van der Waals surface area contributed by atoms with Crippen LogP contribution in [0.2, 0.25) is 0 Å². The van der Waals surface area contributed by atoms with Gasteiger partial charge in [0, 0.05) is 29.9 Å². The van der Waals surface area contributed by atoms with Crippen molar-refractivity contribution < 1.29 is 4.74 Å². The summed E-state index contributed by atoms with van der Waals surface area (Å²) in [5.74, 6) is 1.50. The second-order valence-corrected chi connectivity index (χ2v) is 7.58. The average Bonchev–Trinajstić information content (AvgIpc) is 3.29. The Morgan fingerprint density at radius 3 is 2.53 bits per heavy atom. The maximum atomic E-state index is 13.2. The van der Waals surface area contributed by atoms with Gasteiger partial charge in [0.05, 0.1) is 7.11 Å². The summed E-state index contributed by atoms with van der Waals surface area (Å²) < 4.78 is 8.45. The van der Waals surface area contributed by atoms with E-state index in [9.17, 15) is 4.79 Å². The minimum atomic E-state index is -0.296. The molecule has 7 nitrogen and oxygen atoms in total. The number of methoxy groups -OCH3 is 1. The summed E-state index contributed by atoms with van der Waals surface area (Å²) >= 11 is 1.46. The maximum Gasteiger partial charge on any atom is 0.316 e. The highest BCUT2D eigenvalue weighted by molar-refractivity contribution is 7.98. The van der Waals surface area contributed by atoms with E-state index in [4.69, 9.17) is 4.74 Å². The molecule has 4 aromatic rings. The van der Waals surface area contributed by atoms with Gasteiger partial charge in [0.2, 0.25) is 11.0 Å². The van der Waals surface area contributed by atoms with Gasteiger partial charge in [0.1, 0.15) is 5.75 Å². The van der Waals surface area contributed by atoms with Gasteiger partial charge in [-0.05, 0) is 36.8 Å². The fourth-order valence-electron chi connectivity index (χ4n) is 2.87. The molecule has 30 heavy (non-hydrogen) atoms. The Hall–Kier alpha value is -3.52. The normalized spacial score (nSPS) is 10.7. The molecule has 0 amide bonds. The Morgan fingerprint density at radius 2 is 1.80 bits per heavy atom. The van der Waals surface area contributed by atoms with E-state index in [-0.39, 0.29) is 11.4 Å². The number of aromatic nitrogens is 4. The van der Waals surface area contributed by atoms with Gasteiger partial charge in [0.25, 0.3) is 0 Å². The Labute approximate surface area is 178 Å². The summed E-state index contributed by atoms with van der Waals surface area (Å²) in [5.41, 5.74) is 2.76. The molecule has 0 aliphatic rings. The highest BCUT2D eigenvalue weighted by Gasteiger charge is 2.15. The molecule has 8 heteroatoms. The molecule has 0 atom stereocenters. The third-order valence-electron chi connectivity index (χ3n) is 4.45. The summed E-state index contributed by atoms with van der Waals surface area (Å²) in [6.45, 7) is 2.06. The van der Waals surface area contributed by atoms with E-state index in [1.54, 1.807) is 30.2 Å². The van der Waals surface area contributed by atoms with Gasteiger partial charge in [-0.3, -0.25) is 9.47 Å². The molecule has 0 aliphatic heterocycles. The molecule has 0 radical (unpaired) electrons. The molecule has 0 fully saturated rings. The maximum absolute atomic E-state index is 13.2. The first-order valence-electron chi connectivity index (χ1n) is 9.37. The average molecular weight is 420 g/mol. The monoisotopic (exact) mass is 419 g/mol. The Morgan fingerprint density at radius 1 is 1.03 bits per heavy atom. The molecule has 0 unspecified atom stereocenters. The van der Waals surface area contributed by atoms with Gasteiger partial charge >= 0.3 is 5.56 Å². The Bertz CT molecular complexity index is 1190. The molecule has 0 aliphatic carbocycles. The molecule has 0 bridgehead atoms. The lowest BCUT2D eigenvalue weighted by molar-refractivity contribution is 0.415. The molecule has 152 valence electrons. The van der Waals surface area contributed by atoms with Gasteiger partial charge < -0.3 is 10.1 Å². The largest absolute Gasteiger partial charge is 0.497 e. The quantitative estimate of drug-likeness (QED) is 0.455. The lowest BCUT2D eigenvalue weighted by Crippen LogP contribution is -2.30. The van der Waals surface area contributed by atoms with E-state index in [1.165, 1.54) is 22.0 Å². The van der Waals surface area contributed by atoms with Gasteiger partial charge in [0.15, 0.2) is 0 Å². The van der Waals surface area contributed by atoms with Gasteiger partial charge in [-0.15, -0.1) is 10.2 Å². The topological polar surface area (TPSA) is 74.0 Å². The molecule has 0 saturated carbocycles. The molecule has 4 rings (SSSR count). The SMILES string of the molecule is COc1cccc(Nc2nnc(SCc3ccc(C)cc3)n(-n3cccc3)c2=O)c1. The number of hydrogen-bond acceptors (Lipinski definition) is 6. The van der Waals surface area contributed by atoms with Crippen LogP contribution in [0, 0.1) is 6.92 Å². The van der Waals surface area contributed by atoms with E-state index < -0.39 is 0 Å². The number of hydrogen-bond donors (Lipinski definition) is 1. The number of thioether (sulfide) groups is 1. The minimum absolute atomic E-state index is 0.136. The van der Waals surface area contributed by atoms with E-state index in [0.29, 0.717) is 22.3 Å². The van der Waals surface area contributed by atoms with Gasteiger partial charge in [-0.25, -0.2) is 0 Å². The predicted octanol–water partition coefficient (Wildman–Crippen LogP) is 4.10. The van der Waals surface area contributed by atoms with Crippen molar-refractivity contribution in [1.82, 2.24) is 19.5 Å². The fourth-order valence-corrected chi connectivity index (χ4v) is 3.75. The number of ether oxygens (including phenoxy) is 1. The van der Waals surface area contributed by atoms with Crippen LogP contribution in [0.5, 0.6) is 5.75 Å². The van der Waals surface area contributed by atoms with Crippen molar-refractivity contribution >= 4 is 23.3 Å². The van der Waals surface area contributed by atoms with Crippen LogP contribution in [-0.2, 0) is 5.75 Å². The summed E-state index contributed by atoms with van der Waals surface area (Å²) in [6.07, 6.45) is 3.60. The van der Waals surface area contributed by atoms with Crippen LogP contribution in [0.25, 0.3) is 0 Å². The second-order valence-electron chi connectivity index (χ2n) is 6.64. The van der Waals surface area contributed by atoms with Gasteiger partial charge in [-0.2, -0.15) is 4.68 Å². The Kier molecular flexibility index (Phi) is 5.85. The first-order chi connectivity index (χ1) is 14.6. The third kappa shape index (κ3) is 4.38. The molecular weight excluding hydrogens is 398 g/mol. The first-order valence-corrected chi connectivity index (χ1v) is 10.4. The number of benzene rings is 2. The molecule has 1 N–H and O–H groups in total. The minimum Gasteiger partial charge on any atom is -0.497 e. The van der Waals surface area contributed by atoms with Crippen molar-refractivity contribution in [2.75, 3.05) is 12.4 Å². The highest BCUT2D eigenvalue weighted by atomic mass is 32.2. The summed E-state index contributed by atoms with van der Waals surface area (Å²) in [4.78, 5) is 13.2. The van der Waals surface area contributed by atoms with E-state index >= 15 is 0 Å². The van der Waals surface area contributed by atoms with Crippen molar-refractivity contribution in [1.29, 1.82) is 0 Å². The lowest BCUT2D eigenvalue weighted by atomic mass is 10.2. The number of nitrogens with one attached hydrogen (secondary N) is 1. The van der Waals surface area contributed by atoms with Crippen molar-refractivity contribution in [3.05, 3.63) is 94.5 Å². The lowest BCUT2D eigenvalue weighted by Gasteiger charge is -2.14. The fraction of sp³-hybridized carbons (Fsp3) is 0.136. The van der Waals surface area contributed by atoms with Crippen LogP contribution in [0.15, 0.2) is 83.0 Å². The summed E-state index contributed by atoms with van der Waals surface area (Å²) in [7, 11) is 1.60. The molecular formula is C22H21N5O2S. The number of rotatable bonds is 7. The van der Waals surface area contributed by atoms with Crippen LogP contribution in [-0.4, -0.2) is 26.7 Å². The van der Waals surface area contributed by atoms with Crippen molar-refractivity contribution in [3.8, 4) is 5.75 Å². The highest BCUT2D eigenvalue weighted by Crippen LogP contribution is 2.22. The predicted molar refractivity (Wildman–Crippen MR) is 119 cm³/mol. The van der Waals surface area contributed by atoms with Crippen LogP contribution in [0.3, 0.4) is 0 Å². The van der Waals surface area contributed by atoms with Crippen LogP contribution >= 0.6 is 11.8 Å². The van der Waals surface area contributed by atoms with E-state index in [0.717, 1.165) is 5.56 Å². The molecule has 2 heterocycles. The smallest absolute Gasteiger partial charge is 0.316 e. The van der Waals surface area contributed by atoms with Crippen LogP contribution < -0.4 is 15.6 Å². The molecule has 0 saturated heterocycles. The molecule has 2 aromatic carbocycles. The standard InChI is InChI=1S/C22H21N5O2S/c1-16-8-10-17(11-9-16)15-30-22-25-24-20(21(28)27(22)26-12-3-4-13-26)23-18-6-5-7-19(14-18)29-2/h3-14H,15H2,1-2H3,(H,23,24). The zero-order valence-electron chi connectivity index (χ0n) is 16.6. The van der Waals surface area contributed by atoms with Crippen LogP contribution in [0.1, 0.15) is 11.1 Å². The Balaban J connectivity index is 1.66. The number of anilines is 2. The zero-order valence-corrected chi connectivity index (χ0v) is 17.5. The van der Waals surface area contributed by atoms with E-state index in [2.05, 4.69) is 46.7 Å². The second kappa shape index (κ2) is 8.87. The third-order valence-corrected chi connectivity index (χ3v) is 5.44. The number of nitrogens with zero attached hydrogens (tertiary/aromatic N) is 4. The zero-order chi connectivity index (χ0) is 20.9. The summed E-state index contributed by atoms with van der Waals surface area (Å²) in [5, 5.41) is 12.0. The van der Waals surface area contributed by atoms with Crippen LogP contribution in [0.4, 0.5) is 11.5 Å². The molecule has 0 spiro atoms.